The van der Waals surface area contributed by atoms with E-state index in [2.05, 4.69) is 4.98 Å². The van der Waals surface area contributed by atoms with Crippen LogP contribution in [0.15, 0.2) is 66.9 Å². The van der Waals surface area contributed by atoms with Crippen molar-refractivity contribution in [3.8, 4) is 0 Å². The van der Waals surface area contributed by atoms with Crippen molar-refractivity contribution in [2.24, 2.45) is 5.92 Å². The Morgan fingerprint density at radius 2 is 1.77 bits per heavy atom. The summed E-state index contributed by atoms with van der Waals surface area (Å²) in [6.45, 7) is 1.34. The average molecular weight is 346 g/mol. The Morgan fingerprint density at radius 3 is 2.54 bits per heavy atom. The molecule has 0 spiro atoms. The lowest BCUT2D eigenvalue weighted by Gasteiger charge is -2.34. The monoisotopic (exact) mass is 346 g/mol. The van der Waals surface area contributed by atoms with Gasteiger partial charge in [0.15, 0.2) is 0 Å². The van der Waals surface area contributed by atoms with Crippen molar-refractivity contribution in [3.05, 3.63) is 78.0 Å². The number of likely N-dealkylation sites (tertiary alicyclic amines) is 1. The van der Waals surface area contributed by atoms with Crippen LogP contribution in [0.1, 0.15) is 34.9 Å². The standard InChI is InChI=1S/C22H22N2O2/c25-21(16-6-2-1-3-7-16)17-11-14-24(15-12-17)22(26)19-8-4-10-20-18(19)9-5-13-23-20/h1-10,13,17,21,25H,11-12,14-15H2/t21-/m1/s1. The van der Waals surface area contributed by atoms with Gasteiger partial charge in [-0.05, 0) is 42.5 Å². The SMILES string of the molecule is O=C(c1cccc2ncccc12)N1CCC([C@H](O)c2ccccc2)CC1. The lowest BCUT2D eigenvalue weighted by atomic mass is 9.87. The van der Waals surface area contributed by atoms with E-state index in [4.69, 9.17) is 0 Å². The number of carbonyl (C=O) groups is 1. The second-order valence-electron chi connectivity index (χ2n) is 6.86. The first-order valence-corrected chi connectivity index (χ1v) is 9.10. The predicted octanol–water partition coefficient (Wildman–Crippen LogP) is 3.82. The van der Waals surface area contributed by atoms with Crippen molar-refractivity contribution in [2.75, 3.05) is 13.1 Å². The van der Waals surface area contributed by atoms with Gasteiger partial charge in [-0.25, -0.2) is 0 Å². The Bertz CT molecular complexity index is 897. The summed E-state index contributed by atoms with van der Waals surface area (Å²) in [6, 6.07) is 19.3. The highest BCUT2D eigenvalue weighted by Gasteiger charge is 2.29. The highest BCUT2D eigenvalue weighted by atomic mass is 16.3. The van der Waals surface area contributed by atoms with Crippen LogP contribution in [0.2, 0.25) is 0 Å². The van der Waals surface area contributed by atoms with Gasteiger partial charge in [0.2, 0.25) is 0 Å². The molecule has 1 N–H and O–H groups in total. The minimum Gasteiger partial charge on any atom is -0.388 e. The van der Waals surface area contributed by atoms with Crippen molar-refractivity contribution >= 4 is 16.8 Å². The molecule has 0 bridgehead atoms. The molecule has 1 aromatic heterocycles. The third-order valence-corrected chi connectivity index (χ3v) is 5.29. The van der Waals surface area contributed by atoms with Gasteiger partial charge in [0.05, 0.1) is 11.6 Å². The number of amides is 1. The van der Waals surface area contributed by atoms with Crippen molar-refractivity contribution < 1.29 is 9.90 Å². The number of piperidine rings is 1. The number of benzene rings is 2. The number of pyridine rings is 1. The van der Waals surface area contributed by atoms with Crippen molar-refractivity contribution in [1.29, 1.82) is 0 Å². The first kappa shape index (κ1) is 16.7. The number of nitrogens with zero attached hydrogens (tertiary/aromatic N) is 2. The van der Waals surface area contributed by atoms with Crippen LogP contribution < -0.4 is 0 Å². The Kier molecular flexibility index (Phi) is 4.67. The largest absolute Gasteiger partial charge is 0.388 e. The molecule has 1 atom stereocenters. The molecule has 2 heterocycles. The van der Waals surface area contributed by atoms with Crippen LogP contribution in [0, 0.1) is 5.92 Å². The number of hydrogen-bond donors (Lipinski definition) is 1. The van der Waals surface area contributed by atoms with Crippen LogP contribution in [-0.4, -0.2) is 34.0 Å². The maximum atomic E-state index is 13.0. The summed E-state index contributed by atoms with van der Waals surface area (Å²) < 4.78 is 0. The molecule has 132 valence electrons. The number of fused-ring (bicyclic) bond motifs is 1. The third-order valence-electron chi connectivity index (χ3n) is 5.29. The van der Waals surface area contributed by atoms with Gasteiger partial charge in [0, 0.05) is 30.2 Å². The van der Waals surface area contributed by atoms with E-state index >= 15 is 0 Å². The highest BCUT2D eigenvalue weighted by molar-refractivity contribution is 6.06. The molecule has 0 radical (unpaired) electrons. The predicted molar refractivity (Wildman–Crippen MR) is 102 cm³/mol. The number of aromatic nitrogens is 1. The minimum atomic E-state index is -0.463. The normalized spacial score (nSPS) is 16.6. The molecule has 1 amide bonds. The van der Waals surface area contributed by atoms with Gasteiger partial charge in [-0.2, -0.15) is 0 Å². The lowest BCUT2D eigenvalue weighted by molar-refractivity contribution is 0.0463. The molecule has 0 aliphatic carbocycles. The van der Waals surface area contributed by atoms with Crippen LogP contribution in [-0.2, 0) is 0 Å². The zero-order chi connectivity index (χ0) is 17.9. The van der Waals surface area contributed by atoms with Gasteiger partial charge >= 0.3 is 0 Å². The second-order valence-corrected chi connectivity index (χ2v) is 6.86. The summed E-state index contributed by atoms with van der Waals surface area (Å²) in [5.41, 5.74) is 2.50. The molecular weight excluding hydrogens is 324 g/mol. The summed E-state index contributed by atoms with van der Waals surface area (Å²) in [7, 11) is 0. The van der Waals surface area contributed by atoms with Gasteiger partial charge in [0.1, 0.15) is 0 Å². The van der Waals surface area contributed by atoms with E-state index in [1.807, 2.05) is 65.6 Å². The highest BCUT2D eigenvalue weighted by Crippen LogP contribution is 2.31. The van der Waals surface area contributed by atoms with Crippen LogP contribution in [0.4, 0.5) is 0 Å². The van der Waals surface area contributed by atoms with E-state index in [9.17, 15) is 9.90 Å². The molecule has 1 fully saturated rings. The van der Waals surface area contributed by atoms with Crippen LogP contribution >= 0.6 is 0 Å². The smallest absolute Gasteiger partial charge is 0.254 e. The first-order chi connectivity index (χ1) is 12.7. The Hall–Kier alpha value is -2.72. The Morgan fingerprint density at radius 1 is 1.00 bits per heavy atom. The van der Waals surface area contributed by atoms with Crippen LogP contribution in [0.3, 0.4) is 0 Å². The molecule has 2 aromatic carbocycles. The molecule has 3 aromatic rings. The molecule has 0 unspecified atom stereocenters. The molecular formula is C22H22N2O2. The third kappa shape index (κ3) is 3.20. The topological polar surface area (TPSA) is 53.4 Å². The summed E-state index contributed by atoms with van der Waals surface area (Å²) in [6.07, 6.45) is 2.90. The van der Waals surface area contributed by atoms with Crippen molar-refractivity contribution in [3.63, 3.8) is 0 Å². The zero-order valence-corrected chi connectivity index (χ0v) is 14.6. The van der Waals surface area contributed by atoms with E-state index < -0.39 is 6.10 Å². The van der Waals surface area contributed by atoms with Crippen LogP contribution in [0.5, 0.6) is 0 Å². The number of rotatable bonds is 3. The molecule has 26 heavy (non-hydrogen) atoms. The van der Waals surface area contributed by atoms with Gasteiger partial charge in [0.25, 0.3) is 5.91 Å². The molecule has 1 aliphatic rings. The van der Waals surface area contributed by atoms with Crippen LogP contribution in [0.25, 0.3) is 10.9 Å². The fourth-order valence-corrected chi connectivity index (χ4v) is 3.80. The number of aliphatic hydroxyl groups is 1. The summed E-state index contributed by atoms with van der Waals surface area (Å²) in [5.74, 6) is 0.242. The Labute approximate surface area is 153 Å². The van der Waals surface area contributed by atoms with Crippen molar-refractivity contribution in [1.82, 2.24) is 9.88 Å². The van der Waals surface area contributed by atoms with E-state index in [1.54, 1.807) is 6.20 Å². The quantitative estimate of drug-likeness (QED) is 0.784. The molecule has 0 saturated carbocycles. The molecule has 4 heteroatoms. The second kappa shape index (κ2) is 7.26. The fraction of sp³-hybridized carbons (Fsp3) is 0.273. The maximum absolute atomic E-state index is 13.0. The number of hydrogen-bond acceptors (Lipinski definition) is 3. The van der Waals surface area contributed by atoms with E-state index in [0.717, 1.165) is 29.3 Å². The Balaban J connectivity index is 1.47. The van der Waals surface area contributed by atoms with Gasteiger partial charge in [-0.3, -0.25) is 9.78 Å². The lowest BCUT2D eigenvalue weighted by Crippen LogP contribution is -2.39. The summed E-state index contributed by atoms with van der Waals surface area (Å²) >= 11 is 0. The number of carbonyl (C=O) groups excluding carboxylic acids is 1. The average Bonchev–Trinajstić information content (AvgIpc) is 2.73. The van der Waals surface area contributed by atoms with Gasteiger partial charge in [-0.1, -0.05) is 42.5 Å². The van der Waals surface area contributed by atoms with E-state index in [0.29, 0.717) is 18.7 Å². The van der Waals surface area contributed by atoms with E-state index in [1.165, 1.54) is 0 Å². The minimum absolute atomic E-state index is 0.0521. The molecule has 1 aliphatic heterocycles. The van der Waals surface area contributed by atoms with E-state index in [-0.39, 0.29) is 11.8 Å². The number of aliphatic hydroxyl groups excluding tert-OH is 1. The molecule has 4 rings (SSSR count). The van der Waals surface area contributed by atoms with Gasteiger partial charge < -0.3 is 10.0 Å². The first-order valence-electron chi connectivity index (χ1n) is 9.10. The van der Waals surface area contributed by atoms with Crippen molar-refractivity contribution in [2.45, 2.75) is 18.9 Å². The fourth-order valence-electron chi connectivity index (χ4n) is 3.80. The molecule has 4 nitrogen and oxygen atoms in total. The summed E-state index contributed by atoms with van der Waals surface area (Å²) in [4.78, 5) is 19.2. The zero-order valence-electron chi connectivity index (χ0n) is 14.6. The summed E-state index contributed by atoms with van der Waals surface area (Å²) in [5, 5.41) is 11.5. The maximum Gasteiger partial charge on any atom is 0.254 e. The molecule has 1 saturated heterocycles. The van der Waals surface area contributed by atoms with Gasteiger partial charge in [-0.15, -0.1) is 0 Å².